The van der Waals surface area contributed by atoms with Crippen LogP contribution in [0.25, 0.3) is 6.08 Å². The minimum atomic E-state index is -0.522. The molecule has 0 radical (unpaired) electrons. The first-order valence-corrected chi connectivity index (χ1v) is 7.51. The monoisotopic (exact) mass is 316 g/mol. The Morgan fingerprint density at radius 3 is 2.64 bits per heavy atom. The minimum Gasteiger partial charge on any atom is -0.484 e. The number of rotatable bonds is 7. The first kappa shape index (κ1) is 15.8. The van der Waals surface area contributed by atoms with Gasteiger partial charge in [-0.3, -0.25) is 9.59 Å². The molecule has 0 aliphatic rings. The molecule has 114 valence electrons. The van der Waals surface area contributed by atoms with Crippen LogP contribution < -0.4 is 15.8 Å². The lowest BCUT2D eigenvalue weighted by Gasteiger charge is -2.03. The van der Waals surface area contributed by atoms with Gasteiger partial charge >= 0.3 is 0 Å². The second-order valence-electron chi connectivity index (χ2n) is 4.45. The molecule has 2 aromatic rings. The van der Waals surface area contributed by atoms with Crippen LogP contribution in [-0.2, 0) is 16.1 Å². The molecule has 0 saturated carbocycles. The molecule has 22 heavy (non-hydrogen) atoms. The summed E-state index contributed by atoms with van der Waals surface area (Å²) in [7, 11) is 0. The summed E-state index contributed by atoms with van der Waals surface area (Å²) in [5.74, 6) is -0.119. The number of benzene rings is 1. The van der Waals surface area contributed by atoms with Crippen LogP contribution in [0.2, 0.25) is 0 Å². The Hall–Kier alpha value is -2.60. The SMILES string of the molecule is NC(=O)COc1ccc(/C=C/C(=O)NCc2cccs2)cc1. The van der Waals surface area contributed by atoms with Gasteiger partial charge in [0.2, 0.25) is 5.91 Å². The molecular weight excluding hydrogens is 300 g/mol. The molecule has 0 atom stereocenters. The van der Waals surface area contributed by atoms with E-state index in [1.807, 2.05) is 17.5 Å². The van der Waals surface area contributed by atoms with Gasteiger partial charge in [0, 0.05) is 11.0 Å². The topological polar surface area (TPSA) is 81.4 Å². The molecule has 0 aliphatic heterocycles. The van der Waals surface area contributed by atoms with Crippen LogP contribution in [0.5, 0.6) is 5.75 Å². The smallest absolute Gasteiger partial charge is 0.255 e. The van der Waals surface area contributed by atoms with Crippen LogP contribution in [0.4, 0.5) is 0 Å². The highest BCUT2D eigenvalue weighted by molar-refractivity contribution is 7.09. The third kappa shape index (κ3) is 5.41. The molecule has 1 aromatic heterocycles. The Kier molecular flexibility index (Phi) is 5.73. The van der Waals surface area contributed by atoms with E-state index in [4.69, 9.17) is 10.5 Å². The Bertz CT molecular complexity index is 649. The van der Waals surface area contributed by atoms with Crippen molar-refractivity contribution in [2.45, 2.75) is 6.54 Å². The van der Waals surface area contributed by atoms with Gasteiger partial charge in [-0.05, 0) is 35.2 Å². The summed E-state index contributed by atoms with van der Waals surface area (Å²) in [5.41, 5.74) is 5.85. The van der Waals surface area contributed by atoms with E-state index in [-0.39, 0.29) is 12.5 Å². The molecule has 3 N–H and O–H groups in total. The number of nitrogens with two attached hydrogens (primary N) is 1. The van der Waals surface area contributed by atoms with Crippen LogP contribution >= 0.6 is 11.3 Å². The van der Waals surface area contributed by atoms with E-state index in [0.717, 1.165) is 10.4 Å². The molecule has 5 nitrogen and oxygen atoms in total. The maximum absolute atomic E-state index is 11.7. The number of carbonyl (C=O) groups is 2. The van der Waals surface area contributed by atoms with Crippen molar-refractivity contribution in [1.82, 2.24) is 5.32 Å². The first-order valence-electron chi connectivity index (χ1n) is 6.63. The number of hydrogen-bond acceptors (Lipinski definition) is 4. The van der Waals surface area contributed by atoms with Gasteiger partial charge in [0.15, 0.2) is 6.61 Å². The van der Waals surface area contributed by atoms with Crippen molar-refractivity contribution in [3.63, 3.8) is 0 Å². The van der Waals surface area contributed by atoms with Gasteiger partial charge in [0.25, 0.3) is 5.91 Å². The van der Waals surface area contributed by atoms with E-state index in [9.17, 15) is 9.59 Å². The van der Waals surface area contributed by atoms with Gasteiger partial charge in [0.05, 0.1) is 6.54 Å². The number of nitrogens with one attached hydrogen (secondary N) is 1. The van der Waals surface area contributed by atoms with E-state index in [1.54, 1.807) is 41.7 Å². The van der Waals surface area contributed by atoms with Gasteiger partial charge < -0.3 is 15.8 Å². The molecule has 6 heteroatoms. The summed E-state index contributed by atoms with van der Waals surface area (Å²) < 4.78 is 5.15. The fourth-order valence-electron chi connectivity index (χ4n) is 1.65. The number of carbonyl (C=O) groups excluding carboxylic acids is 2. The average molecular weight is 316 g/mol. The number of thiophene rings is 1. The maximum atomic E-state index is 11.7. The molecule has 0 spiro atoms. The summed E-state index contributed by atoms with van der Waals surface area (Å²) in [6.45, 7) is 0.376. The maximum Gasteiger partial charge on any atom is 0.255 e. The van der Waals surface area contributed by atoms with Crippen molar-refractivity contribution < 1.29 is 14.3 Å². The molecule has 0 unspecified atom stereocenters. The van der Waals surface area contributed by atoms with Crippen LogP contribution in [0.3, 0.4) is 0 Å². The van der Waals surface area contributed by atoms with E-state index in [0.29, 0.717) is 12.3 Å². The van der Waals surface area contributed by atoms with Crippen molar-refractivity contribution in [3.05, 3.63) is 58.3 Å². The van der Waals surface area contributed by atoms with Crippen LogP contribution in [0.15, 0.2) is 47.9 Å². The fraction of sp³-hybridized carbons (Fsp3) is 0.125. The first-order chi connectivity index (χ1) is 10.6. The lowest BCUT2D eigenvalue weighted by Crippen LogP contribution is -2.20. The Balaban J connectivity index is 1.81. The molecule has 2 rings (SSSR count). The van der Waals surface area contributed by atoms with Gasteiger partial charge in [0.1, 0.15) is 5.75 Å². The quantitative estimate of drug-likeness (QED) is 0.766. The van der Waals surface area contributed by atoms with E-state index in [2.05, 4.69) is 5.32 Å². The van der Waals surface area contributed by atoms with Crippen molar-refractivity contribution in [3.8, 4) is 5.75 Å². The number of amides is 2. The summed E-state index contributed by atoms with van der Waals surface area (Å²) in [6.07, 6.45) is 3.19. The summed E-state index contributed by atoms with van der Waals surface area (Å²) >= 11 is 1.60. The number of hydrogen-bond donors (Lipinski definition) is 2. The zero-order valence-electron chi connectivity index (χ0n) is 11.8. The summed E-state index contributed by atoms with van der Waals surface area (Å²) in [4.78, 5) is 23.4. The van der Waals surface area contributed by atoms with E-state index in [1.165, 1.54) is 6.08 Å². The summed E-state index contributed by atoms with van der Waals surface area (Å²) in [6, 6.07) is 10.9. The second-order valence-corrected chi connectivity index (χ2v) is 5.49. The van der Waals surface area contributed by atoms with Crippen molar-refractivity contribution in [1.29, 1.82) is 0 Å². The lowest BCUT2D eigenvalue weighted by molar-refractivity contribution is -0.120. The highest BCUT2D eigenvalue weighted by atomic mass is 32.1. The molecule has 0 fully saturated rings. The zero-order valence-corrected chi connectivity index (χ0v) is 12.6. The summed E-state index contributed by atoms with van der Waals surface area (Å²) in [5, 5.41) is 4.78. The molecule has 0 aliphatic carbocycles. The van der Waals surface area contributed by atoms with E-state index >= 15 is 0 Å². The standard InChI is InChI=1S/C16H16N2O3S/c17-15(19)11-21-13-6-3-12(4-7-13)5-8-16(20)18-10-14-2-1-9-22-14/h1-9H,10-11H2,(H2,17,19)(H,18,20)/b8-5+. The van der Waals surface area contributed by atoms with Crippen LogP contribution in [0.1, 0.15) is 10.4 Å². The number of primary amides is 1. The predicted molar refractivity (Wildman–Crippen MR) is 86.3 cm³/mol. The van der Waals surface area contributed by atoms with E-state index < -0.39 is 5.91 Å². The normalized spacial score (nSPS) is 10.5. The molecule has 0 bridgehead atoms. The van der Waals surface area contributed by atoms with Crippen molar-refractivity contribution in [2.75, 3.05) is 6.61 Å². The van der Waals surface area contributed by atoms with Gasteiger partial charge in [-0.1, -0.05) is 18.2 Å². The lowest BCUT2D eigenvalue weighted by atomic mass is 10.2. The third-order valence-corrected chi connectivity index (χ3v) is 3.58. The predicted octanol–water partition coefficient (Wildman–Crippen LogP) is 1.94. The highest BCUT2D eigenvalue weighted by Gasteiger charge is 1.99. The molecule has 2 amide bonds. The Morgan fingerprint density at radius 2 is 2.00 bits per heavy atom. The van der Waals surface area contributed by atoms with Crippen LogP contribution in [0, 0.1) is 0 Å². The second kappa shape index (κ2) is 7.99. The third-order valence-electron chi connectivity index (χ3n) is 2.71. The Morgan fingerprint density at radius 1 is 1.23 bits per heavy atom. The zero-order chi connectivity index (χ0) is 15.8. The molecule has 1 heterocycles. The van der Waals surface area contributed by atoms with Crippen molar-refractivity contribution in [2.24, 2.45) is 5.73 Å². The minimum absolute atomic E-state index is 0.151. The molecular formula is C16H16N2O3S. The van der Waals surface area contributed by atoms with Gasteiger partial charge in [-0.2, -0.15) is 0 Å². The molecule has 0 saturated heterocycles. The number of ether oxygens (including phenoxy) is 1. The van der Waals surface area contributed by atoms with Crippen LogP contribution in [-0.4, -0.2) is 18.4 Å². The average Bonchev–Trinajstić information content (AvgIpc) is 3.03. The van der Waals surface area contributed by atoms with Gasteiger partial charge in [-0.15, -0.1) is 11.3 Å². The largest absolute Gasteiger partial charge is 0.484 e. The Labute approximate surface area is 132 Å². The van der Waals surface area contributed by atoms with Crippen molar-refractivity contribution >= 4 is 29.2 Å². The molecule has 1 aromatic carbocycles. The van der Waals surface area contributed by atoms with Gasteiger partial charge in [-0.25, -0.2) is 0 Å². The highest BCUT2D eigenvalue weighted by Crippen LogP contribution is 2.13. The fourth-order valence-corrected chi connectivity index (χ4v) is 2.29.